The van der Waals surface area contributed by atoms with Crippen LogP contribution in [0.2, 0.25) is 0 Å². The van der Waals surface area contributed by atoms with Crippen LogP contribution in [0.1, 0.15) is 11.1 Å². The summed E-state index contributed by atoms with van der Waals surface area (Å²) in [4.78, 5) is 4.66. The number of hydrogen-bond acceptors (Lipinski definition) is 1. The van der Waals surface area contributed by atoms with E-state index in [-0.39, 0.29) is 0 Å². The molecule has 0 saturated heterocycles. The Kier molecular flexibility index (Phi) is 4.49. The van der Waals surface area contributed by atoms with E-state index in [1.54, 1.807) is 6.08 Å². The van der Waals surface area contributed by atoms with Crippen LogP contribution in [0.4, 0.5) is 0 Å². The molecule has 23 heavy (non-hydrogen) atoms. The highest BCUT2D eigenvalue weighted by atomic mass is 14.7. The van der Waals surface area contributed by atoms with Gasteiger partial charge in [-0.05, 0) is 29.7 Å². The van der Waals surface area contributed by atoms with Crippen LogP contribution in [0, 0.1) is 6.92 Å². The van der Waals surface area contributed by atoms with E-state index in [0.29, 0.717) is 0 Å². The summed E-state index contributed by atoms with van der Waals surface area (Å²) in [5, 5.41) is 0. The number of aromatic nitrogens is 1. The van der Waals surface area contributed by atoms with Crippen molar-refractivity contribution in [2.24, 2.45) is 0 Å². The van der Waals surface area contributed by atoms with Crippen LogP contribution in [0.25, 0.3) is 28.5 Å². The Balaban J connectivity index is 2.23. The molecule has 0 atom stereocenters. The van der Waals surface area contributed by atoms with Crippen LogP contribution < -0.4 is 0 Å². The predicted octanol–water partition coefficient (Wildman–Crippen LogP) is 5.92. The molecule has 0 aliphatic heterocycles. The number of hydrogen-bond donors (Lipinski definition) is 0. The normalized spacial score (nSPS) is 10.8. The van der Waals surface area contributed by atoms with Crippen LogP contribution in [0.3, 0.4) is 0 Å². The predicted molar refractivity (Wildman–Crippen MR) is 99.1 cm³/mol. The zero-order chi connectivity index (χ0) is 16.1. The van der Waals surface area contributed by atoms with Gasteiger partial charge >= 0.3 is 0 Å². The number of pyridine rings is 1. The minimum Gasteiger partial charge on any atom is -0.256 e. The SMILES string of the molecule is C=C/C=C\c1c(C)ccnc1-c1ccccc1-c1ccccc1. The van der Waals surface area contributed by atoms with Crippen LogP contribution in [-0.4, -0.2) is 4.98 Å². The first-order chi connectivity index (χ1) is 11.3. The topological polar surface area (TPSA) is 12.9 Å². The molecule has 1 nitrogen and oxygen atoms in total. The second-order valence-electron chi connectivity index (χ2n) is 5.40. The molecule has 0 N–H and O–H groups in total. The first kappa shape index (κ1) is 15.0. The number of rotatable bonds is 4. The Hall–Kier alpha value is -2.93. The van der Waals surface area contributed by atoms with Crippen molar-refractivity contribution >= 4 is 6.08 Å². The summed E-state index contributed by atoms with van der Waals surface area (Å²) in [5.74, 6) is 0. The van der Waals surface area contributed by atoms with E-state index in [2.05, 4.69) is 73.1 Å². The highest BCUT2D eigenvalue weighted by molar-refractivity contribution is 5.86. The number of aryl methyl sites for hydroxylation is 1. The van der Waals surface area contributed by atoms with E-state index in [4.69, 9.17) is 0 Å². The summed E-state index contributed by atoms with van der Waals surface area (Å²) in [5.41, 5.74) is 6.88. The van der Waals surface area contributed by atoms with Gasteiger partial charge < -0.3 is 0 Å². The van der Waals surface area contributed by atoms with Gasteiger partial charge in [-0.15, -0.1) is 0 Å². The molecule has 3 aromatic rings. The molecular formula is C22H19N. The molecule has 3 rings (SSSR count). The fraction of sp³-hybridized carbons (Fsp3) is 0.0455. The minimum atomic E-state index is 1.00. The third-order valence-corrected chi connectivity index (χ3v) is 3.87. The Morgan fingerprint density at radius 3 is 2.30 bits per heavy atom. The van der Waals surface area contributed by atoms with E-state index in [1.807, 2.05) is 24.4 Å². The largest absolute Gasteiger partial charge is 0.256 e. The second-order valence-corrected chi connectivity index (χ2v) is 5.40. The van der Waals surface area contributed by atoms with Crippen LogP contribution in [-0.2, 0) is 0 Å². The molecular weight excluding hydrogens is 278 g/mol. The first-order valence-corrected chi connectivity index (χ1v) is 7.71. The summed E-state index contributed by atoms with van der Waals surface area (Å²) < 4.78 is 0. The average Bonchev–Trinajstić information content (AvgIpc) is 2.61. The van der Waals surface area contributed by atoms with Gasteiger partial charge in [0.05, 0.1) is 5.69 Å². The van der Waals surface area contributed by atoms with Crippen molar-refractivity contribution in [1.82, 2.24) is 4.98 Å². The van der Waals surface area contributed by atoms with Gasteiger partial charge in [-0.25, -0.2) is 0 Å². The van der Waals surface area contributed by atoms with Gasteiger partial charge in [-0.3, -0.25) is 4.98 Å². The lowest BCUT2D eigenvalue weighted by Gasteiger charge is -2.13. The number of allylic oxidation sites excluding steroid dienone is 2. The highest BCUT2D eigenvalue weighted by Gasteiger charge is 2.12. The van der Waals surface area contributed by atoms with Crippen LogP contribution in [0.5, 0.6) is 0 Å². The van der Waals surface area contributed by atoms with E-state index in [1.165, 1.54) is 16.7 Å². The standard InChI is InChI=1S/C22H19N/c1-3-4-12-19-17(2)15-16-23-22(19)21-14-9-8-13-20(21)18-10-6-5-7-11-18/h3-16H,1H2,2H3/b12-4-. The summed E-state index contributed by atoms with van der Waals surface area (Å²) in [7, 11) is 0. The zero-order valence-corrected chi connectivity index (χ0v) is 13.2. The van der Waals surface area contributed by atoms with Gasteiger partial charge in [-0.1, -0.05) is 79.4 Å². The van der Waals surface area contributed by atoms with E-state index in [9.17, 15) is 0 Å². The maximum absolute atomic E-state index is 4.66. The number of benzene rings is 2. The fourth-order valence-corrected chi connectivity index (χ4v) is 2.72. The minimum absolute atomic E-state index is 1.00. The Morgan fingerprint density at radius 2 is 1.57 bits per heavy atom. The fourth-order valence-electron chi connectivity index (χ4n) is 2.72. The molecule has 0 aliphatic rings. The first-order valence-electron chi connectivity index (χ1n) is 7.71. The molecule has 0 radical (unpaired) electrons. The Morgan fingerprint density at radius 1 is 0.870 bits per heavy atom. The van der Waals surface area contributed by atoms with E-state index in [0.717, 1.165) is 16.8 Å². The smallest absolute Gasteiger partial charge is 0.0783 e. The van der Waals surface area contributed by atoms with Crippen LogP contribution >= 0.6 is 0 Å². The lowest BCUT2D eigenvalue weighted by molar-refractivity contribution is 1.27. The average molecular weight is 297 g/mol. The third kappa shape index (κ3) is 3.14. The summed E-state index contributed by atoms with van der Waals surface area (Å²) in [6.45, 7) is 5.88. The van der Waals surface area contributed by atoms with Gasteiger partial charge in [0.15, 0.2) is 0 Å². The molecule has 1 heteroatoms. The quantitative estimate of drug-likeness (QED) is 0.544. The molecule has 0 saturated carbocycles. The van der Waals surface area contributed by atoms with Gasteiger partial charge in [0.1, 0.15) is 0 Å². The van der Waals surface area contributed by atoms with Crippen molar-refractivity contribution in [3.8, 4) is 22.4 Å². The van der Waals surface area contributed by atoms with Gasteiger partial charge in [0, 0.05) is 17.3 Å². The third-order valence-electron chi connectivity index (χ3n) is 3.87. The maximum Gasteiger partial charge on any atom is 0.0783 e. The molecule has 0 bridgehead atoms. The molecule has 0 spiro atoms. The zero-order valence-electron chi connectivity index (χ0n) is 13.2. The van der Waals surface area contributed by atoms with Crippen molar-refractivity contribution in [1.29, 1.82) is 0 Å². The van der Waals surface area contributed by atoms with Crippen molar-refractivity contribution in [2.45, 2.75) is 6.92 Å². The van der Waals surface area contributed by atoms with Crippen molar-refractivity contribution < 1.29 is 0 Å². The Bertz CT molecular complexity index is 845. The lowest BCUT2D eigenvalue weighted by atomic mass is 9.93. The molecule has 1 heterocycles. The summed E-state index contributed by atoms with van der Waals surface area (Å²) >= 11 is 0. The lowest BCUT2D eigenvalue weighted by Crippen LogP contribution is -1.93. The van der Waals surface area contributed by atoms with Crippen molar-refractivity contribution in [3.05, 3.63) is 96.7 Å². The van der Waals surface area contributed by atoms with Crippen molar-refractivity contribution in [3.63, 3.8) is 0 Å². The highest BCUT2D eigenvalue weighted by Crippen LogP contribution is 2.33. The van der Waals surface area contributed by atoms with Gasteiger partial charge in [0.2, 0.25) is 0 Å². The molecule has 1 aromatic heterocycles. The molecule has 0 fully saturated rings. The molecule has 0 aliphatic carbocycles. The summed E-state index contributed by atoms with van der Waals surface area (Å²) in [6, 6.07) is 20.9. The summed E-state index contributed by atoms with van der Waals surface area (Å²) in [6.07, 6.45) is 7.70. The molecule has 2 aromatic carbocycles. The van der Waals surface area contributed by atoms with Gasteiger partial charge in [-0.2, -0.15) is 0 Å². The second kappa shape index (κ2) is 6.89. The van der Waals surface area contributed by atoms with Crippen LogP contribution in [0.15, 0.2) is 85.6 Å². The molecule has 0 unspecified atom stereocenters. The number of nitrogens with zero attached hydrogens (tertiary/aromatic N) is 1. The molecule has 0 amide bonds. The van der Waals surface area contributed by atoms with E-state index < -0.39 is 0 Å². The van der Waals surface area contributed by atoms with Gasteiger partial charge in [0.25, 0.3) is 0 Å². The molecule has 112 valence electrons. The van der Waals surface area contributed by atoms with Crippen molar-refractivity contribution in [2.75, 3.05) is 0 Å². The Labute approximate surface area is 137 Å². The maximum atomic E-state index is 4.66. The van der Waals surface area contributed by atoms with E-state index >= 15 is 0 Å². The monoisotopic (exact) mass is 297 g/mol.